The Morgan fingerprint density at radius 2 is 1.89 bits per heavy atom. The van der Waals surface area contributed by atoms with Crippen LogP contribution in [0.1, 0.15) is 15.9 Å². The van der Waals surface area contributed by atoms with E-state index in [1.165, 1.54) is 30.5 Å². The molecule has 0 fully saturated rings. The van der Waals surface area contributed by atoms with Gasteiger partial charge in [0.25, 0.3) is 11.6 Å². The molecule has 1 aromatic heterocycles. The molecule has 27 heavy (non-hydrogen) atoms. The van der Waals surface area contributed by atoms with E-state index in [0.717, 1.165) is 10.9 Å². The van der Waals surface area contributed by atoms with E-state index in [-0.39, 0.29) is 17.8 Å². The van der Waals surface area contributed by atoms with Crippen molar-refractivity contribution in [1.29, 1.82) is 0 Å². The number of carbonyl (C=O) groups is 2. The molecule has 1 heterocycles. The number of nitro groups is 1. The van der Waals surface area contributed by atoms with Crippen molar-refractivity contribution < 1.29 is 14.5 Å². The number of amides is 2. The number of nitrogens with zero attached hydrogens (tertiary/aromatic N) is 3. The monoisotopic (exact) mass is 365 g/mol. The largest absolute Gasteiger partial charge is 0.368 e. The van der Waals surface area contributed by atoms with E-state index in [4.69, 9.17) is 5.73 Å². The van der Waals surface area contributed by atoms with Gasteiger partial charge in [0, 0.05) is 40.4 Å². The van der Waals surface area contributed by atoms with Crippen molar-refractivity contribution in [3.05, 3.63) is 76.0 Å². The lowest BCUT2D eigenvalue weighted by Crippen LogP contribution is -2.18. The van der Waals surface area contributed by atoms with E-state index in [9.17, 15) is 19.7 Å². The molecule has 0 saturated heterocycles. The highest BCUT2D eigenvalue weighted by molar-refractivity contribution is 6.01. The number of benzene rings is 2. The van der Waals surface area contributed by atoms with Crippen molar-refractivity contribution in [2.24, 2.45) is 10.8 Å². The molecule has 2 amide bonds. The van der Waals surface area contributed by atoms with Crippen LogP contribution in [-0.4, -0.2) is 27.5 Å². The smallest absolute Gasteiger partial charge is 0.271 e. The quantitative estimate of drug-likeness (QED) is 0.391. The van der Waals surface area contributed by atoms with E-state index in [0.29, 0.717) is 5.56 Å². The molecular weight excluding hydrogens is 350 g/mol. The molecule has 0 atom stereocenters. The average Bonchev–Trinajstić information content (AvgIpc) is 2.99. The molecule has 3 N–H and O–H groups in total. The van der Waals surface area contributed by atoms with Crippen molar-refractivity contribution in [1.82, 2.24) is 9.99 Å². The molecule has 0 radical (unpaired) electrons. The van der Waals surface area contributed by atoms with E-state index >= 15 is 0 Å². The molecule has 3 rings (SSSR count). The van der Waals surface area contributed by atoms with Crippen LogP contribution in [0.4, 0.5) is 5.69 Å². The molecule has 136 valence electrons. The van der Waals surface area contributed by atoms with Crippen LogP contribution in [0, 0.1) is 10.1 Å². The Balaban J connectivity index is 1.77. The number of aromatic nitrogens is 1. The Bertz CT molecular complexity index is 1050. The second-order valence-electron chi connectivity index (χ2n) is 5.70. The van der Waals surface area contributed by atoms with Crippen LogP contribution in [0.2, 0.25) is 0 Å². The second-order valence-corrected chi connectivity index (χ2v) is 5.70. The zero-order valence-electron chi connectivity index (χ0n) is 14.0. The number of para-hydroxylation sites is 1. The van der Waals surface area contributed by atoms with Crippen molar-refractivity contribution in [2.75, 3.05) is 0 Å². The van der Waals surface area contributed by atoms with Crippen molar-refractivity contribution in [2.45, 2.75) is 6.54 Å². The molecule has 2 aromatic carbocycles. The normalized spacial score (nSPS) is 11.0. The van der Waals surface area contributed by atoms with Crippen LogP contribution in [0.5, 0.6) is 0 Å². The van der Waals surface area contributed by atoms with E-state index in [2.05, 4.69) is 10.5 Å². The topological polar surface area (TPSA) is 133 Å². The second kappa shape index (κ2) is 7.48. The third-order valence-corrected chi connectivity index (χ3v) is 3.86. The summed E-state index contributed by atoms with van der Waals surface area (Å²) in [5.41, 5.74) is 9.30. The number of non-ortho nitro benzene ring substituents is 1. The van der Waals surface area contributed by atoms with Crippen LogP contribution < -0.4 is 11.2 Å². The van der Waals surface area contributed by atoms with Gasteiger partial charge in [-0.25, -0.2) is 5.43 Å². The van der Waals surface area contributed by atoms with Gasteiger partial charge in [0.15, 0.2) is 0 Å². The van der Waals surface area contributed by atoms with Gasteiger partial charge in [-0.05, 0) is 18.2 Å². The van der Waals surface area contributed by atoms with Gasteiger partial charge in [0.05, 0.1) is 11.1 Å². The molecule has 0 unspecified atom stereocenters. The Morgan fingerprint density at radius 1 is 1.19 bits per heavy atom. The summed E-state index contributed by atoms with van der Waals surface area (Å²) in [5.74, 6) is -0.965. The molecule has 0 aliphatic heterocycles. The number of primary amides is 1. The molecule has 0 aliphatic carbocycles. The summed E-state index contributed by atoms with van der Waals surface area (Å²) in [6.45, 7) is 0.0313. The fourth-order valence-electron chi connectivity index (χ4n) is 2.64. The average molecular weight is 365 g/mol. The van der Waals surface area contributed by atoms with Crippen molar-refractivity contribution >= 4 is 34.6 Å². The van der Waals surface area contributed by atoms with Gasteiger partial charge in [-0.1, -0.05) is 18.2 Å². The van der Waals surface area contributed by atoms with Gasteiger partial charge in [-0.3, -0.25) is 19.7 Å². The molecule has 0 bridgehead atoms. The van der Waals surface area contributed by atoms with Gasteiger partial charge in [0.1, 0.15) is 6.54 Å². The van der Waals surface area contributed by atoms with E-state index in [1.54, 1.807) is 10.8 Å². The summed E-state index contributed by atoms with van der Waals surface area (Å²) in [6.07, 6.45) is 3.18. The van der Waals surface area contributed by atoms with Gasteiger partial charge < -0.3 is 10.3 Å². The van der Waals surface area contributed by atoms with Crippen LogP contribution in [0.15, 0.2) is 59.8 Å². The first-order valence-electron chi connectivity index (χ1n) is 7.90. The standard InChI is InChI=1S/C18H15N5O4/c19-17(24)11-22-10-13(15-3-1-2-4-16(15)22)9-20-21-18(25)12-5-7-14(8-6-12)23(26)27/h1-10H,11H2,(H2,19,24)(H,21,25). The fraction of sp³-hybridized carbons (Fsp3) is 0.0556. The first-order chi connectivity index (χ1) is 13.0. The summed E-state index contributed by atoms with van der Waals surface area (Å²) in [7, 11) is 0. The maximum Gasteiger partial charge on any atom is 0.271 e. The summed E-state index contributed by atoms with van der Waals surface area (Å²) in [5, 5.41) is 15.4. The third-order valence-electron chi connectivity index (χ3n) is 3.86. The van der Waals surface area contributed by atoms with Gasteiger partial charge in [-0.15, -0.1) is 0 Å². The van der Waals surface area contributed by atoms with Crippen LogP contribution in [-0.2, 0) is 11.3 Å². The summed E-state index contributed by atoms with van der Waals surface area (Å²) in [4.78, 5) is 33.4. The number of nitrogens with one attached hydrogen (secondary N) is 1. The lowest BCUT2D eigenvalue weighted by molar-refractivity contribution is -0.384. The van der Waals surface area contributed by atoms with Crippen LogP contribution in [0.25, 0.3) is 10.9 Å². The van der Waals surface area contributed by atoms with E-state index < -0.39 is 16.7 Å². The summed E-state index contributed by atoms with van der Waals surface area (Å²) < 4.78 is 1.71. The number of nitrogens with two attached hydrogens (primary N) is 1. The SMILES string of the molecule is NC(=O)Cn1cc(C=NNC(=O)c2ccc([N+](=O)[O-])cc2)c2ccccc21. The first kappa shape index (κ1) is 17.8. The highest BCUT2D eigenvalue weighted by atomic mass is 16.6. The molecule has 3 aromatic rings. The van der Waals surface area contributed by atoms with E-state index in [1.807, 2.05) is 24.3 Å². The minimum absolute atomic E-state index is 0.0313. The van der Waals surface area contributed by atoms with Gasteiger partial charge in [-0.2, -0.15) is 5.10 Å². The maximum absolute atomic E-state index is 12.1. The molecule has 9 nitrogen and oxygen atoms in total. The highest BCUT2D eigenvalue weighted by Gasteiger charge is 2.10. The molecule has 0 aliphatic rings. The number of hydrazone groups is 1. The van der Waals surface area contributed by atoms with Crippen LogP contribution >= 0.6 is 0 Å². The molecule has 0 saturated carbocycles. The first-order valence-corrected chi connectivity index (χ1v) is 7.90. The Morgan fingerprint density at radius 3 is 2.56 bits per heavy atom. The lowest BCUT2D eigenvalue weighted by Gasteiger charge is -2.00. The summed E-state index contributed by atoms with van der Waals surface area (Å²) >= 11 is 0. The third kappa shape index (κ3) is 3.98. The number of hydrogen-bond acceptors (Lipinski definition) is 5. The number of rotatable bonds is 6. The number of fused-ring (bicyclic) bond motifs is 1. The van der Waals surface area contributed by atoms with Gasteiger partial charge in [0.2, 0.25) is 5.91 Å². The number of nitro benzene ring substituents is 1. The van der Waals surface area contributed by atoms with Crippen molar-refractivity contribution in [3.8, 4) is 0 Å². The number of carbonyl (C=O) groups excluding carboxylic acids is 2. The fourth-order valence-corrected chi connectivity index (χ4v) is 2.64. The Kier molecular flexibility index (Phi) is 4.93. The zero-order valence-corrected chi connectivity index (χ0v) is 14.0. The summed E-state index contributed by atoms with van der Waals surface area (Å²) in [6, 6.07) is 12.6. The Labute approximate surface area is 153 Å². The van der Waals surface area contributed by atoms with Gasteiger partial charge >= 0.3 is 0 Å². The molecular formula is C18H15N5O4. The minimum atomic E-state index is -0.540. The van der Waals surface area contributed by atoms with Crippen molar-refractivity contribution in [3.63, 3.8) is 0 Å². The lowest BCUT2D eigenvalue weighted by atomic mass is 10.2. The Hall–Kier alpha value is -4.01. The zero-order chi connectivity index (χ0) is 19.4. The predicted molar refractivity (Wildman–Crippen MR) is 99.3 cm³/mol. The maximum atomic E-state index is 12.1. The molecule has 0 spiro atoms. The highest BCUT2D eigenvalue weighted by Crippen LogP contribution is 2.19. The van der Waals surface area contributed by atoms with Crippen LogP contribution in [0.3, 0.4) is 0 Å². The number of hydrogen-bond donors (Lipinski definition) is 2. The predicted octanol–water partition coefficient (Wildman–Crippen LogP) is 1.80. The molecule has 9 heteroatoms. The minimum Gasteiger partial charge on any atom is -0.368 e.